The third-order valence-corrected chi connectivity index (χ3v) is 4.39. The van der Waals surface area contributed by atoms with Crippen LogP contribution in [0.15, 0.2) is 0 Å². The predicted molar refractivity (Wildman–Crippen MR) is 54.1 cm³/mol. The lowest BCUT2D eigenvalue weighted by molar-refractivity contribution is -0.169. The highest BCUT2D eigenvalue weighted by Gasteiger charge is 2.64. The Hall–Kier alpha value is -0.290. The number of nitrogens with one attached hydrogen (secondary N) is 1. The molecule has 0 aromatic heterocycles. The van der Waals surface area contributed by atoms with Crippen LogP contribution in [0, 0.1) is 5.92 Å². The molecule has 3 atom stereocenters. The zero-order valence-electron chi connectivity index (χ0n) is 9.19. The van der Waals surface area contributed by atoms with Gasteiger partial charge in [-0.25, -0.2) is 0 Å². The van der Waals surface area contributed by atoms with Gasteiger partial charge in [0.15, 0.2) is 0 Å². The maximum absolute atomic E-state index is 12.8. The smallest absolute Gasteiger partial charge is 0.303 e. The number of hydrogen-bond acceptors (Lipinski definition) is 2. The van der Waals surface area contributed by atoms with Crippen LogP contribution in [0.2, 0.25) is 0 Å². The molecule has 0 radical (unpaired) electrons. The Morgan fingerprint density at radius 1 is 1.12 bits per heavy atom. The second kappa shape index (κ2) is 3.35. The zero-order chi connectivity index (χ0) is 11.4. The third-order valence-electron chi connectivity index (χ3n) is 4.39. The van der Waals surface area contributed by atoms with Crippen molar-refractivity contribution in [1.29, 1.82) is 0 Å². The van der Waals surface area contributed by atoms with Gasteiger partial charge < -0.3 is 10.2 Å². The van der Waals surface area contributed by atoms with Gasteiger partial charge in [-0.3, -0.25) is 0 Å². The standard InChI is InChI=1S/C11H17F3N2/c12-11(13,14)10(3-4-10)15-9-2-6-16-5-1-8(9)7-16/h8-9,15H,1-7H2. The van der Waals surface area contributed by atoms with Crippen LogP contribution in [0.3, 0.4) is 0 Å². The molecule has 1 N–H and O–H groups in total. The molecule has 2 nitrogen and oxygen atoms in total. The van der Waals surface area contributed by atoms with Crippen molar-refractivity contribution in [2.75, 3.05) is 19.6 Å². The van der Waals surface area contributed by atoms with Crippen LogP contribution in [-0.4, -0.2) is 42.3 Å². The first-order chi connectivity index (χ1) is 7.50. The number of halogens is 3. The van der Waals surface area contributed by atoms with E-state index in [-0.39, 0.29) is 18.9 Å². The Morgan fingerprint density at radius 2 is 1.81 bits per heavy atom. The van der Waals surface area contributed by atoms with Crippen LogP contribution in [0.25, 0.3) is 0 Å². The molecule has 3 rings (SSSR count). The van der Waals surface area contributed by atoms with E-state index in [9.17, 15) is 13.2 Å². The summed E-state index contributed by atoms with van der Waals surface area (Å²) in [7, 11) is 0. The zero-order valence-corrected chi connectivity index (χ0v) is 9.19. The van der Waals surface area contributed by atoms with Gasteiger partial charge in [0.25, 0.3) is 0 Å². The SMILES string of the molecule is FC(F)(F)C1(NC2CCN3CCC2C3)CC1. The molecule has 1 saturated carbocycles. The Bertz CT molecular complexity index is 285. The number of hydrogen-bond donors (Lipinski definition) is 1. The van der Waals surface area contributed by atoms with Gasteiger partial charge in [0.05, 0.1) is 0 Å². The molecule has 1 aliphatic carbocycles. The third kappa shape index (κ3) is 1.64. The normalized spacial score (nSPS) is 41.1. The van der Waals surface area contributed by atoms with Crippen molar-refractivity contribution in [3.8, 4) is 0 Å². The molecule has 3 unspecified atom stereocenters. The van der Waals surface area contributed by atoms with Gasteiger partial charge in [-0.1, -0.05) is 0 Å². The van der Waals surface area contributed by atoms with Crippen molar-refractivity contribution >= 4 is 0 Å². The van der Waals surface area contributed by atoms with Crippen LogP contribution in [0.5, 0.6) is 0 Å². The van der Waals surface area contributed by atoms with E-state index in [1.54, 1.807) is 0 Å². The fourth-order valence-electron chi connectivity index (χ4n) is 3.13. The van der Waals surface area contributed by atoms with Gasteiger partial charge in [-0.05, 0) is 44.7 Å². The van der Waals surface area contributed by atoms with Crippen LogP contribution in [0.4, 0.5) is 13.2 Å². The van der Waals surface area contributed by atoms with Crippen molar-refractivity contribution in [2.24, 2.45) is 5.92 Å². The molecule has 3 fully saturated rings. The number of nitrogens with zero attached hydrogens (tertiary/aromatic N) is 1. The maximum Gasteiger partial charge on any atom is 0.406 e. The van der Waals surface area contributed by atoms with E-state index < -0.39 is 11.7 Å². The minimum atomic E-state index is -4.07. The maximum atomic E-state index is 12.8. The number of fused-ring (bicyclic) bond motifs is 2. The van der Waals surface area contributed by atoms with Crippen molar-refractivity contribution < 1.29 is 13.2 Å². The van der Waals surface area contributed by atoms with E-state index in [2.05, 4.69) is 10.2 Å². The van der Waals surface area contributed by atoms with E-state index >= 15 is 0 Å². The topological polar surface area (TPSA) is 15.3 Å². The molecule has 0 amide bonds. The molecule has 3 aliphatic rings. The lowest BCUT2D eigenvalue weighted by atomic mass is 9.93. The van der Waals surface area contributed by atoms with Crippen molar-refractivity contribution in [3.63, 3.8) is 0 Å². The highest BCUT2D eigenvalue weighted by atomic mass is 19.4. The van der Waals surface area contributed by atoms with E-state index in [1.807, 2.05) is 0 Å². The lowest BCUT2D eigenvalue weighted by Gasteiger charge is -2.35. The quantitative estimate of drug-likeness (QED) is 0.783. The Labute approximate surface area is 93.2 Å². The highest BCUT2D eigenvalue weighted by molar-refractivity contribution is 5.10. The molecule has 92 valence electrons. The van der Waals surface area contributed by atoms with Crippen molar-refractivity contribution in [1.82, 2.24) is 10.2 Å². The number of alkyl halides is 3. The molecule has 2 aliphatic heterocycles. The monoisotopic (exact) mass is 234 g/mol. The van der Waals surface area contributed by atoms with Gasteiger partial charge >= 0.3 is 6.18 Å². The summed E-state index contributed by atoms with van der Waals surface area (Å²) in [6.45, 7) is 3.02. The summed E-state index contributed by atoms with van der Waals surface area (Å²) in [4.78, 5) is 2.36. The predicted octanol–water partition coefficient (Wildman–Crippen LogP) is 1.77. The first-order valence-corrected chi connectivity index (χ1v) is 6.07. The van der Waals surface area contributed by atoms with Crippen LogP contribution < -0.4 is 5.32 Å². The molecular weight excluding hydrogens is 217 g/mol. The minimum Gasteiger partial charge on any atom is -0.303 e. The van der Waals surface area contributed by atoms with E-state index in [1.165, 1.54) is 0 Å². The average Bonchev–Trinajstić information content (AvgIpc) is 2.90. The summed E-state index contributed by atoms with van der Waals surface area (Å²) >= 11 is 0. The second-order valence-corrected chi connectivity index (χ2v) is 5.47. The minimum absolute atomic E-state index is 0.0860. The van der Waals surface area contributed by atoms with Crippen molar-refractivity contribution in [2.45, 2.75) is 43.4 Å². The van der Waals surface area contributed by atoms with E-state index in [0.717, 1.165) is 32.5 Å². The largest absolute Gasteiger partial charge is 0.406 e. The summed E-state index contributed by atoms with van der Waals surface area (Å²) in [6, 6.07) is 0.0860. The molecule has 0 spiro atoms. The summed E-state index contributed by atoms with van der Waals surface area (Å²) in [6.07, 6.45) is -1.59. The summed E-state index contributed by atoms with van der Waals surface area (Å²) < 4.78 is 38.5. The van der Waals surface area contributed by atoms with Gasteiger partial charge in [0, 0.05) is 12.6 Å². The molecule has 0 aromatic rings. The highest BCUT2D eigenvalue weighted by Crippen LogP contribution is 2.50. The molecule has 2 saturated heterocycles. The molecule has 2 bridgehead atoms. The Balaban J connectivity index is 1.67. The van der Waals surface area contributed by atoms with Crippen molar-refractivity contribution in [3.05, 3.63) is 0 Å². The molecule has 2 heterocycles. The second-order valence-electron chi connectivity index (χ2n) is 5.47. The molecule has 0 aromatic carbocycles. The fourth-order valence-corrected chi connectivity index (χ4v) is 3.13. The number of piperidine rings is 1. The van der Waals surface area contributed by atoms with Gasteiger partial charge in [0.1, 0.15) is 5.54 Å². The summed E-state index contributed by atoms with van der Waals surface area (Å²) in [5.41, 5.74) is -1.53. The molecule has 16 heavy (non-hydrogen) atoms. The Morgan fingerprint density at radius 3 is 2.44 bits per heavy atom. The Kier molecular flexibility index (Phi) is 2.27. The molecular formula is C11H17F3N2. The van der Waals surface area contributed by atoms with E-state index in [0.29, 0.717) is 5.92 Å². The van der Waals surface area contributed by atoms with E-state index in [4.69, 9.17) is 0 Å². The van der Waals surface area contributed by atoms with Crippen LogP contribution >= 0.6 is 0 Å². The number of rotatable bonds is 2. The first-order valence-electron chi connectivity index (χ1n) is 6.07. The fraction of sp³-hybridized carbons (Fsp3) is 1.00. The lowest BCUT2D eigenvalue weighted by Crippen LogP contribution is -2.54. The van der Waals surface area contributed by atoms with Gasteiger partial charge in [0.2, 0.25) is 0 Å². The van der Waals surface area contributed by atoms with Gasteiger partial charge in [-0.2, -0.15) is 13.2 Å². The van der Waals surface area contributed by atoms with Crippen LogP contribution in [0.1, 0.15) is 25.7 Å². The summed E-state index contributed by atoms with van der Waals surface area (Å²) in [5, 5.41) is 2.92. The first kappa shape index (κ1) is 10.8. The molecule has 5 heteroatoms. The van der Waals surface area contributed by atoms with Crippen LogP contribution in [-0.2, 0) is 0 Å². The summed E-state index contributed by atoms with van der Waals surface area (Å²) in [5.74, 6) is 0.438. The van der Waals surface area contributed by atoms with Gasteiger partial charge in [-0.15, -0.1) is 0 Å². The average molecular weight is 234 g/mol.